The summed E-state index contributed by atoms with van der Waals surface area (Å²) in [6.07, 6.45) is 12.4. The van der Waals surface area contributed by atoms with Gasteiger partial charge in [0.2, 0.25) is 0 Å². The number of rotatable bonds is 11. The molecular weight excluding hydrogens is 640 g/mol. The van der Waals surface area contributed by atoms with Gasteiger partial charge in [-0.1, -0.05) is 45.4 Å². The summed E-state index contributed by atoms with van der Waals surface area (Å²) in [7, 11) is 1.41. The number of H-pyrrole nitrogens is 3. The molecule has 6 rings (SSSR count). The Balaban J connectivity index is 1.56. The number of methoxy groups -OCH3 is 1. The monoisotopic (exact) mass is 692 g/mol. The van der Waals surface area contributed by atoms with Gasteiger partial charge in [0, 0.05) is 81.2 Å². The SMILES string of the molecule is C=Cc1c2[nH]c(c1C)/C=C1\N/C(=C3\c4[nH]c(c(C)c4C(=O)[C@@H]3C(O)OC)/C=c3\[nH]/c(c(C)c3CC)=C\2)[C@@H](CCC(=O)OC/C=C(\C)CCC)[C@@H]1C. The Morgan fingerprint density at radius 2 is 1.73 bits per heavy atom. The van der Waals surface area contributed by atoms with E-state index in [4.69, 9.17) is 9.47 Å². The zero-order chi connectivity index (χ0) is 36.7. The molecule has 0 radical (unpaired) electrons. The number of Topliss-reactive ketones (excluding diaryl/α,β-unsaturated/α-hetero) is 1. The maximum absolute atomic E-state index is 14.3. The van der Waals surface area contributed by atoms with Gasteiger partial charge in [0.15, 0.2) is 12.1 Å². The van der Waals surface area contributed by atoms with Gasteiger partial charge in [0.05, 0.1) is 5.69 Å². The lowest BCUT2D eigenvalue weighted by molar-refractivity contribution is -0.142. The summed E-state index contributed by atoms with van der Waals surface area (Å²) >= 11 is 0. The molecule has 270 valence electrons. The van der Waals surface area contributed by atoms with Gasteiger partial charge >= 0.3 is 5.97 Å². The molecule has 1 unspecified atom stereocenters. The van der Waals surface area contributed by atoms with E-state index in [-0.39, 0.29) is 36.6 Å². The van der Waals surface area contributed by atoms with E-state index in [1.165, 1.54) is 18.2 Å². The highest BCUT2D eigenvalue weighted by Gasteiger charge is 2.48. The molecule has 3 aromatic rings. The molecule has 0 spiro atoms. The molecule has 1 saturated heterocycles. The van der Waals surface area contributed by atoms with E-state index in [1.807, 2.05) is 19.1 Å². The van der Waals surface area contributed by atoms with Crippen molar-refractivity contribution in [3.05, 3.63) is 96.5 Å². The second-order valence-corrected chi connectivity index (χ2v) is 14.2. The Hall–Kier alpha value is -4.60. The van der Waals surface area contributed by atoms with Gasteiger partial charge in [-0.05, 0) is 93.5 Å². The lowest BCUT2D eigenvalue weighted by Gasteiger charge is -2.23. The van der Waals surface area contributed by atoms with E-state index in [1.54, 1.807) is 0 Å². The normalized spacial score (nSPS) is 23.9. The number of carbonyl (C=O) groups excluding carboxylic acids is 2. The van der Waals surface area contributed by atoms with E-state index < -0.39 is 12.2 Å². The molecule has 5 heterocycles. The van der Waals surface area contributed by atoms with Crippen LogP contribution in [-0.4, -0.2) is 51.8 Å². The first-order chi connectivity index (χ1) is 24.4. The van der Waals surface area contributed by atoms with E-state index >= 15 is 0 Å². The second kappa shape index (κ2) is 14.6. The first-order valence-electron chi connectivity index (χ1n) is 18.2. The Labute approximate surface area is 300 Å². The zero-order valence-corrected chi connectivity index (χ0v) is 31.2. The van der Waals surface area contributed by atoms with Crippen molar-refractivity contribution < 1.29 is 24.2 Å². The number of allylic oxidation sites excluding steroid dienone is 3. The number of fused-ring (bicyclic) bond motifs is 7. The van der Waals surface area contributed by atoms with E-state index in [0.29, 0.717) is 23.3 Å². The summed E-state index contributed by atoms with van der Waals surface area (Å²) in [5.74, 6) is -1.62. The van der Waals surface area contributed by atoms with Crippen LogP contribution in [0.15, 0.2) is 29.6 Å². The molecule has 51 heavy (non-hydrogen) atoms. The molecular formula is C42H52N4O5. The number of aliphatic hydroxyl groups is 1. The molecule has 0 aromatic carbocycles. The number of nitrogens with one attached hydrogen (secondary N) is 4. The van der Waals surface area contributed by atoms with Crippen molar-refractivity contribution in [3.63, 3.8) is 0 Å². The predicted octanol–water partition coefficient (Wildman–Crippen LogP) is 6.23. The number of ether oxygens (including phenoxy) is 2. The molecule has 3 aromatic heterocycles. The minimum Gasteiger partial charge on any atom is -0.461 e. The third kappa shape index (κ3) is 6.42. The van der Waals surface area contributed by atoms with E-state index in [0.717, 1.165) is 80.7 Å². The van der Waals surface area contributed by atoms with Crippen LogP contribution in [0.5, 0.6) is 0 Å². The molecule has 5 N–H and O–H groups in total. The molecule has 0 saturated carbocycles. The van der Waals surface area contributed by atoms with Crippen LogP contribution in [0.4, 0.5) is 0 Å². The number of hydrogen-bond acceptors (Lipinski definition) is 6. The lowest BCUT2D eigenvalue weighted by atomic mass is 9.84. The van der Waals surface area contributed by atoms with Gasteiger partial charge < -0.3 is 34.8 Å². The predicted molar refractivity (Wildman–Crippen MR) is 203 cm³/mol. The fourth-order valence-corrected chi connectivity index (χ4v) is 8.22. The number of hydrogen-bond donors (Lipinski definition) is 5. The maximum Gasteiger partial charge on any atom is 0.306 e. The Morgan fingerprint density at radius 1 is 1.00 bits per heavy atom. The third-order valence-electron chi connectivity index (χ3n) is 11.2. The molecule has 0 amide bonds. The van der Waals surface area contributed by atoms with Crippen molar-refractivity contribution in [3.8, 4) is 0 Å². The van der Waals surface area contributed by atoms with Crippen LogP contribution >= 0.6 is 0 Å². The Kier molecular flexibility index (Phi) is 10.3. The standard InChI is InChI=1S/C42H52N4O5/c1-10-13-21(4)16-17-51-35(47)15-14-28-24(7)31-18-29-22(5)26(11-2)33(43-29)19-30-23(6)27(12-3)34(44-30)20-32-25(8)36-40(46-32)37(39(28)45-31)38(41(36)48)42(49)50-9/h11,16,18-20,24,28,38,42-46,49H,2,10,12-15,17H2,1,3-9H3/b21-16+,30-19-,31-18-,34-20-,39-37-/t24-,28-,38+,42?/m0/s1. The van der Waals surface area contributed by atoms with Crippen LogP contribution in [0.25, 0.3) is 29.9 Å². The maximum atomic E-state index is 14.3. The van der Waals surface area contributed by atoms with Gasteiger partial charge in [0.1, 0.15) is 12.5 Å². The summed E-state index contributed by atoms with van der Waals surface area (Å²) in [5.41, 5.74) is 12.9. The number of aromatic nitrogens is 3. The first-order valence-corrected chi connectivity index (χ1v) is 18.2. The smallest absolute Gasteiger partial charge is 0.306 e. The van der Waals surface area contributed by atoms with Gasteiger partial charge in [-0.3, -0.25) is 9.59 Å². The summed E-state index contributed by atoms with van der Waals surface area (Å²) in [4.78, 5) is 38.3. The summed E-state index contributed by atoms with van der Waals surface area (Å²) in [6.45, 7) is 19.0. The van der Waals surface area contributed by atoms with Crippen LogP contribution in [0, 0.1) is 38.5 Å². The van der Waals surface area contributed by atoms with Crippen molar-refractivity contribution in [1.82, 2.24) is 20.3 Å². The quantitative estimate of drug-likeness (QED) is 0.0921. The Morgan fingerprint density at radius 3 is 2.41 bits per heavy atom. The van der Waals surface area contributed by atoms with Crippen LogP contribution in [0.1, 0.15) is 114 Å². The second-order valence-electron chi connectivity index (χ2n) is 14.2. The van der Waals surface area contributed by atoms with Crippen molar-refractivity contribution in [2.75, 3.05) is 13.7 Å². The molecule has 1 aliphatic carbocycles. The van der Waals surface area contributed by atoms with Crippen molar-refractivity contribution in [2.45, 2.75) is 86.9 Å². The Bertz CT molecular complexity index is 2120. The average Bonchev–Trinajstić information content (AvgIpc) is 3.84. The molecule has 9 heteroatoms. The van der Waals surface area contributed by atoms with Gasteiger partial charge in [-0.2, -0.15) is 0 Å². The molecule has 3 aliphatic rings. The van der Waals surface area contributed by atoms with E-state index in [2.05, 4.69) is 86.6 Å². The van der Waals surface area contributed by atoms with Crippen LogP contribution in [0.2, 0.25) is 0 Å². The van der Waals surface area contributed by atoms with E-state index in [9.17, 15) is 14.7 Å². The van der Waals surface area contributed by atoms with Gasteiger partial charge in [0.25, 0.3) is 0 Å². The first kappa shape index (κ1) is 36.2. The van der Waals surface area contributed by atoms with Gasteiger partial charge in [-0.25, -0.2) is 0 Å². The van der Waals surface area contributed by atoms with Gasteiger partial charge in [-0.15, -0.1) is 0 Å². The number of esters is 1. The fraction of sp³-hybridized carbons (Fsp3) is 0.429. The third-order valence-corrected chi connectivity index (χ3v) is 11.2. The largest absolute Gasteiger partial charge is 0.461 e. The number of aromatic amines is 3. The molecule has 1 fully saturated rings. The fourth-order valence-electron chi connectivity index (χ4n) is 8.22. The molecule has 9 nitrogen and oxygen atoms in total. The van der Waals surface area contributed by atoms with Crippen molar-refractivity contribution in [2.24, 2.45) is 17.8 Å². The zero-order valence-electron chi connectivity index (χ0n) is 31.2. The molecule has 4 atom stereocenters. The average molecular weight is 693 g/mol. The summed E-state index contributed by atoms with van der Waals surface area (Å²) < 4.78 is 11.1. The highest BCUT2D eigenvalue weighted by Crippen LogP contribution is 2.49. The highest BCUT2D eigenvalue weighted by atomic mass is 16.6. The van der Waals surface area contributed by atoms with Crippen molar-refractivity contribution >= 4 is 41.6 Å². The van der Waals surface area contributed by atoms with Crippen LogP contribution in [-0.2, 0) is 20.7 Å². The summed E-state index contributed by atoms with van der Waals surface area (Å²) in [6, 6.07) is 0. The highest BCUT2D eigenvalue weighted by molar-refractivity contribution is 6.15. The van der Waals surface area contributed by atoms with Crippen LogP contribution < -0.4 is 16.0 Å². The summed E-state index contributed by atoms with van der Waals surface area (Å²) in [5, 5.41) is 16.9. The molecule has 2 aliphatic heterocycles. The minimum atomic E-state index is -1.36. The number of ketones is 1. The molecule has 8 bridgehead atoms. The lowest BCUT2D eigenvalue weighted by Crippen LogP contribution is -2.29. The van der Waals surface area contributed by atoms with Crippen molar-refractivity contribution in [1.29, 1.82) is 0 Å². The number of aliphatic hydroxyl groups excluding tert-OH is 1. The number of carbonyl (C=O) groups is 2. The minimum absolute atomic E-state index is 0.0496. The van der Waals surface area contributed by atoms with Crippen LogP contribution in [0.3, 0.4) is 0 Å². The topological polar surface area (TPSA) is 132 Å².